The molecule has 140 valence electrons. The molecule has 0 spiro atoms. The largest absolute Gasteiger partial charge is 0.468 e. The highest BCUT2D eigenvalue weighted by atomic mass is 35.5. The van der Waals surface area contributed by atoms with Gasteiger partial charge in [0.25, 0.3) is 0 Å². The SMILES string of the molecule is COCOc1cccc(-c2cc(N3CCOCC3)c3cnc(Cl)cc3n2)c1. The van der Waals surface area contributed by atoms with Crippen molar-refractivity contribution in [3.8, 4) is 17.0 Å². The number of ether oxygens (including phenoxy) is 3. The molecule has 0 amide bonds. The molecule has 3 aromatic rings. The lowest BCUT2D eigenvalue weighted by Crippen LogP contribution is -2.36. The summed E-state index contributed by atoms with van der Waals surface area (Å²) in [6, 6.07) is 11.7. The number of hydrogen-bond donors (Lipinski definition) is 0. The van der Waals surface area contributed by atoms with Crippen LogP contribution in [0.3, 0.4) is 0 Å². The number of hydrogen-bond acceptors (Lipinski definition) is 6. The highest BCUT2D eigenvalue weighted by Gasteiger charge is 2.17. The molecule has 2 aromatic heterocycles. The van der Waals surface area contributed by atoms with E-state index in [0.29, 0.717) is 18.4 Å². The Bertz CT molecular complexity index is 945. The molecule has 1 aliphatic rings. The summed E-state index contributed by atoms with van der Waals surface area (Å²) in [6.45, 7) is 3.28. The van der Waals surface area contributed by atoms with Gasteiger partial charge in [0.05, 0.1) is 30.1 Å². The van der Waals surface area contributed by atoms with Gasteiger partial charge in [-0.1, -0.05) is 23.7 Å². The Labute approximate surface area is 162 Å². The monoisotopic (exact) mass is 385 g/mol. The Morgan fingerprint density at radius 1 is 1.19 bits per heavy atom. The van der Waals surface area contributed by atoms with Gasteiger partial charge < -0.3 is 19.1 Å². The van der Waals surface area contributed by atoms with Gasteiger partial charge in [-0.15, -0.1) is 0 Å². The molecule has 1 aromatic carbocycles. The molecule has 0 N–H and O–H groups in total. The number of benzene rings is 1. The molecular weight excluding hydrogens is 366 g/mol. The van der Waals surface area contributed by atoms with E-state index >= 15 is 0 Å². The fourth-order valence-electron chi connectivity index (χ4n) is 3.17. The predicted molar refractivity (Wildman–Crippen MR) is 106 cm³/mol. The molecule has 4 rings (SSSR count). The minimum absolute atomic E-state index is 0.203. The van der Waals surface area contributed by atoms with Crippen molar-refractivity contribution in [3.63, 3.8) is 0 Å². The Balaban J connectivity index is 1.81. The van der Waals surface area contributed by atoms with E-state index in [1.165, 1.54) is 0 Å². The molecule has 0 aliphatic carbocycles. The summed E-state index contributed by atoms with van der Waals surface area (Å²) in [5.41, 5.74) is 3.73. The summed E-state index contributed by atoms with van der Waals surface area (Å²) in [5, 5.41) is 1.41. The minimum atomic E-state index is 0.203. The summed E-state index contributed by atoms with van der Waals surface area (Å²) in [7, 11) is 1.60. The first-order valence-corrected chi connectivity index (χ1v) is 9.13. The molecular formula is C20H20ClN3O3. The summed E-state index contributed by atoms with van der Waals surface area (Å²) >= 11 is 6.12. The van der Waals surface area contributed by atoms with E-state index in [9.17, 15) is 0 Å². The van der Waals surface area contributed by atoms with Crippen molar-refractivity contribution in [2.24, 2.45) is 0 Å². The van der Waals surface area contributed by atoms with Crippen LogP contribution in [0.1, 0.15) is 0 Å². The second kappa shape index (κ2) is 8.08. The van der Waals surface area contributed by atoms with Crippen LogP contribution in [0.25, 0.3) is 22.2 Å². The van der Waals surface area contributed by atoms with Crippen molar-refractivity contribution in [1.82, 2.24) is 9.97 Å². The predicted octanol–water partition coefficient (Wildman–Crippen LogP) is 3.77. The van der Waals surface area contributed by atoms with Gasteiger partial charge in [-0.2, -0.15) is 0 Å². The zero-order valence-electron chi connectivity index (χ0n) is 15.0. The van der Waals surface area contributed by atoms with Crippen LogP contribution >= 0.6 is 11.6 Å². The van der Waals surface area contributed by atoms with Gasteiger partial charge in [-0.3, -0.25) is 0 Å². The van der Waals surface area contributed by atoms with E-state index in [1.54, 1.807) is 19.4 Å². The minimum Gasteiger partial charge on any atom is -0.468 e. The quantitative estimate of drug-likeness (QED) is 0.492. The number of nitrogens with zero attached hydrogens (tertiary/aromatic N) is 3. The number of anilines is 1. The maximum Gasteiger partial charge on any atom is 0.188 e. The molecule has 3 heterocycles. The summed E-state index contributed by atoms with van der Waals surface area (Å²) in [6.07, 6.45) is 1.79. The van der Waals surface area contributed by atoms with Crippen molar-refractivity contribution < 1.29 is 14.2 Å². The first kappa shape index (κ1) is 18.0. The van der Waals surface area contributed by atoms with Crippen LogP contribution in [0.15, 0.2) is 42.6 Å². The molecule has 27 heavy (non-hydrogen) atoms. The Hall–Kier alpha value is -2.41. The first-order chi connectivity index (χ1) is 13.2. The van der Waals surface area contributed by atoms with Crippen molar-refractivity contribution >= 4 is 28.2 Å². The molecule has 0 radical (unpaired) electrons. The first-order valence-electron chi connectivity index (χ1n) is 8.76. The van der Waals surface area contributed by atoms with Crippen LogP contribution in [0.2, 0.25) is 5.15 Å². The third kappa shape index (κ3) is 3.98. The van der Waals surface area contributed by atoms with Crippen molar-refractivity contribution in [2.45, 2.75) is 0 Å². The number of morpholine rings is 1. The molecule has 0 saturated carbocycles. The number of methoxy groups -OCH3 is 1. The van der Waals surface area contributed by atoms with Crippen LogP contribution in [-0.4, -0.2) is 50.2 Å². The standard InChI is InChI=1S/C20H20ClN3O3/c1-25-13-27-15-4-2-3-14(9-15)17-10-19(24-5-7-26-8-6-24)16-12-22-20(21)11-18(16)23-17/h2-4,9-12H,5-8,13H2,1H3. The van der Waals surface area contributed by atoms with Crippen molar-refractivity contribution in [1.29, 1.82) is 0 Å². The second-order valence-corrected chi connectivity index (χ2v) is 6.62. The number of aromatic nitrogens is 2. The van der Waals surface area contributed by atoms with Gasteiger partial charge in [0, 0.05) is 43.4 Å². The molecule has 6 nitrogen and oxygen atoms in total. The zero-order valence-corrected chi connectivity index (χ0v) is 15.8. The third-order valence-corrected chi connectivity index (χ3v) is 4.67. The van der Waals surface area contributed by atoms with Crippen LogP contribution in [0.5, 0.6) is 5.75 Å². The lowest BCUT2D eigenvalue weighted by molar-refractivity contribution is 0.0511. The Morgan fingerprint density at radius 3 is 2.85 bits per heavy atom. The van der Waals surface area contributed by atoms with Gasteiger partial charge in [0.2, 0.25) is 0 Å². The maximum atomic E-state index is 6.12. The topological polar surface area (TPSA) is 56.7 Å². The van der Waals surface area contributed by atoms with Gasteiger partial charge in [0.1, 0.15) is 10.9 Å². The van der Waals surface area contributed by atoms with Gasteiger partial charge >= 0.3 is 0 Å². The Kier molecular flexibility index (Phi) is 5.38. The average Bonchev–Trinajstić information content (AvgIpc) is 2.72. The lowest BCUT2D eigenvalue weighted by Gasteiger charge is -2.30. The van der Waals surface area contributed by atoms with Gasteiger partial charge in [0.15, 0.2) is 6.79 Å². The average molecular weight is 386 g/mol. The van der Waals surface area contributed by atoms with E-state index in [1.807, 2.05) is 24.3 Å². The second-order valence-electron chi connectivity index (χ2n) is 6.23. The van der Waals surface area contributed by atoms with Gasteiger partial charge in [-0.25, -0.2) is 9.97 Å². The van der Waals surface area contributed by atoms with Crippen LogP contribution in [0.4, 0.5) is 5.69 Å². The zero-order chi connectivity index (χ0) is 18.6. The fourth-order valence-corrected chi connectivity index (χ4v) is 3.32. The molecule has 0 atom stereocenters. The van der Waals surface area contributed by atoms with E-state index in [0.717, 1.165) is 46.7 Å². The summed E-state index contributed by atoms with van der Waals surface area (Å²) in [5.74, 6) is 0.733. The van der Waals surface area contributed by atoms with Crippen molar-refractivity contribution in [2.75, 3.05) is 45.1 Å². The van der Waals surface area contributed by atoms with Crippen molar-refractivity contribution in [3.05, 3.63) is 47.7 Å². The van der Waals surface area contributed by atoms with E-state index < -0.39 is 0 Å². The van der Waals surface area contributed by atoms with Crippen LogP contribution in [0, 0.1) is 0 Å². The highest BCUT2D eigenvalue weighted by molar-refractivity contribution is 6.30. The third-order valence-electron chi connectivity index (χ3n) is 4.46. The molecule has 1 aliphatic heterocycles. The number of pyridine rings is 2. The number of fused-ring (bicyclic) bond motifs is 1. The molecule has 0 unspecified atom stereocenters. The number of rotatable bonds is 5. The number of halogens is 1. The maximum absolute atomic E-state index is 6.12. The molecule has 1 fully saturated rings. The lowest BCUT2D eigenvalue weighted by atomic mass is 10.1. The van der Waals surface area contributed by atoms with Crippen LogP contribution in [-0.2, 0) is 9.47 Å². The van der Waals surface area contributed by atoms with E-state index in [2.05, 4.69) is 16.0 Å². The molecule has 1 saturated heterocycles. The summed E-state index contributed by atoms with van der Waals surface area (Å²) in [4.78, 5) is 11.4. The van der Waals surface area contributed by atoms with E-state index in [4.69, 9.17) is 30.8 Å². The normalized spacial score (nSPS) is 14.5. The smallest absolute Gasteiger partial charge is 0.188 e. The summed E-state index contributed by atoms with van der Waals surface area (Å²) < 4.78 is 16.0. The van der Waals surface area contributed by atoms with Crippen LogP contribution < -0.4 is 9.64 Å². The van der Waals surface area contributed by atoms with Gasteiger partial charge in [-0.05, 0) is 18.2 Å². The molecule has 0 bridgehead atoms. The highest BCUT2D eigenvalue weighted by Crippen LogP contribution is 2.33. The van der Waals surface area contributed by atoms with E-state index in [-0.39, 0.29) is 6.79 Å². The fraction of sp³-hybridized carbons (Fsp3) is 0.300. The molecule has 7 heteroatoms. The Morgan fingerprint density at radius 2 is 2.04 bits per heavy atom.